The number of aliphatic imine (C=N–C) groups is 1. The summed E-state index contributed by atoms with van der Waals surface area (Å²) in [6.07, 6.45) is 8.51. The number of hydrogen-bond acceptors (Lipinski definition) is 3. The third-order valence-corrected chi connectivity index (χ3v) is 3.94. The molecule has 5 heteroatoms. The smallest absolute Gasteiger partial charge is 0.255 e. The topological polar surface area (TPSA) is 45.6 Å². The van der Waals surface area contributed by atoms with Crippen molar-refractivity contribution in [2.75, 3.05) is 7.05 Å². The number of rotatable bonds is 1. The molecule has 2 aliphatic rings. The van der Waals surface area contributed by atoms with Crippen LogP contribution >= 0.6 is 0 Å². The van der Waals surface area contributed by atoms with E-state index in [1.165, 1.54) is 11.0 Å². The summed E-state index contributed by atoms with van der Waals surface area (Å²) in [5.41, 5.74) is 1.38. The first-order valence-electron chi connectivity index (χ1n) is 7.96. The molecule has 1 aliphatic heterocycles. The predicted molar refractivity (Wildman–Crippen MR) is 95.5 cm³/mol. The molecular weight excluding hydrogens is 317 g/mol. The Kier molecular flexibility index (Phi) is 4.37. The van der Waals surface area contributed by atoms with Crippen molar-refractivity contribution in [2.24, 2.45) is 4.99 Å². The molecule has 0 fully saturated rings. The molecule has 4 nitrogen and oxygen atoms in total. The summed E-state index contributed by atoms with van der Waals surface area (Å²) in [5.74, 6) is 6.34. The number of halogens is 1. The number of nitrogens with zero attached hydrogens (tertiary/aromatic N) is 3. The predicted octanol–water partition coefficient (Wildman–Crippen LogP) is 3.17. The summed E-state index contributed by atoms with van der Waals surface area (Å²) in [4.78, 5) is 22.5. The van der Waals surface area contributed by atoms with Gasteiger partial charge in [-0.15, -0.1) is 0 Å². The molecule has 0 unspecified atom stereocenters. The number of hydrogen-bond donors (Lipinski definition) is 0. The third-order valence-electron chi connectivity index (χ3n) is 3.94. The average molecular weight is 335 g/mol. The summed E-state index contributed by atoms with van der Waals surface area (Å²) >= 11 is 0. The van der Waals surface area contributed by atoms with E-state index in [1.54, 1.807) is 51.4 Å². The number of amidine groups is 1. The Morgan fingerprint density at radius 3 is 2.72 bits per heavy atom. The van der Waals surface area contributed by atoms with E-state index < -0.39 is 5.54 Å². The van der Waals surface area contributed by atoms with Crippen molar-refractivity contribution in [3.63, 3.8) is 0 Å². The maximum absolute atomic E-state index is 13.2. The summed E-state index contributed by atoms with van der Waals surface area (Å²) in [5, 5.41) is 0. The van der Waals surface area contributed by atoms with Crippen LogP contribution in [-0.4, -0.2) is 34.2 Å². The maximum atomic E-state index is 13.2. The number of carbonyl (C=O) groups excluding carboxylic acids is 1. The van der Waals surface area contributed by atoms with Crippen molar-refractivity contribution in [1.82, 2.24) is 9.88 Å². The van der Waals surface area contributed by atoms with Crippen LogP contribution in [0.3, 0.4) is 0 Å². The molecule has 0 saturated carbocycles. The van der Waals surface area contributed by atoms with E-state index >= 15 is 0 Å². The first kappa shape index (κ1) is 16.8. The Balaban J connectivity index is 1.79. The summed E-state index contributed by atoms with van der Waals surface area (Å²) in [6.45, 7) is 3.56. The second-order valence-electron chi connectivity index (χ2n) is 6.38. The Bertz CT molecular complexity index is 893. The minimum atomic E-state index is -0.758. The molecule has 126 valence electrons. The molecule has 0 radical (unpaired) electrons. The summed E-state index contributed by atoms with van der Waals surface area (Å²) < 4.78 is 13.2. The normalized spacial score (nSPS) is 18.8. The fourth-order valence-corrected chi connectivity index (χ4v) is 2.56. The van der Waals surface area contributed by atoms with Gasteiger partial charge in [0.1, 0.15) is 17.1 Å². The molecule has 1 aromatic heterocycles. The molecule has 1 aromatic rings. The zero-order chi connectivity index (χ0) is 18.0. The highest BCUT2D eigenvalue weighted by atomic mass is 19.1. The van der Waals surface area contributed by atoms with Gasteiger partial charge in [-0.1, -0.05) is 24.0 Å². The van der Waals surface area contributed by atoms with E-state index in [1.807, 2.05) is 6.07 Å². The van der Waals surface area contributed by atoms with Crippen LogP contribution in [-0.2, 0) is 4.79 Å². The number of likely N-dealkylation sites (N-methyl/N-ethyl adjacent to an activating group) is 1. The van der Waals surface area contributed by atoms with Crippen LogP contribution in [0.5, 0.6) is 0 Å². The van der Waals surface area contributed by atoms with Crippen LogP contribution in [0.1, 0.15) is 31.5 Å². The van der Waals surface area contributed by atoms with Crippen LogP contribution in [0.15, 0.2) is 59.0 Å². The lowest BCUT2D eigenvalue weighted by Crippen LogP contribution is -2.36. The van der Waals surface area contributed by atoms with Crippen molar-refractivity contribution in [3.05, 3.63) is 65.3 Å². The lowest BCUT2D eigenvalue weighted by molar-refractivity contribution is -0.129. The van der Waals surface area contributed by atoms with Gasteiger partial charge in [-0.3, -0.25) is 14.7 Å². The lowest BCUT2D eigenvalue weighted by Gasteiger charge is -2.14. The Morgan fingerprint density at radius 2 is 2.08 bits per heavy atom. The van der Waals surface area contributed by atoms with E-state index in [4.69, 9.17) is 0 Å². The molecule has 0 saturated heterocycles. The van der Waals surface area contributed by atoms with E-state index in [2.05, 4.69) is 21.8 Å². The second-order valence-corrected chi connectivity index (χ2v) is 6.38. The van der Waals surface area contributed by atoms with E-state index in [-0.39, 0.29) is 18.2 Å². The van der Waals surface area contributed by atoms with E-state index in [9.17, 15) is 9.18 Å². The highest BCUT2D eigenvalue weighted by Gasteiger charge is 2.39. The van der Waals surface area contributed by atoms with Crippen molar-refractivity contribution in [2.45, 2.75) is 25.8 Å². The van der Waals surface area contributed by atoms with E-state index in [0.29, 0.717) is 11.5 Å². The third kappa shape index (κ3) is 3.58. The molecule has 0 N–H and O–H groups in total. The van der Waals surface area contributed by atoms with Gasteiger partial charge in [0.05, 0.1) is 0 Å². The van der Waals surface area contributed by atoms with Crippen LogP contribution in [0.25, 0.3) is 0 Å². The van der Waals surface area contributed by atoms with Crippen LogP contribution in [0, 0.1) is 11.8 Å². The fraction of sp³-hybridized carbons (Fsp3) is 0.250. The number of allylic oxidation sites excluding steroid dienone is 6. The quantitative estimate of drug-likeness (QED) is 0.740. The Hall–Kier alpha value is -3.00. The van der Waals surface area contributed by atoms with Gasteiger partial charge in [0.2, 0.25) is 0 Å². The molecule has 0 aromatic carbocycles. The average Bonchev–Trinajstić information content (AvgIpc) is 2.74. The van der Waals surface area contributed by atoms with E-state index in [0.717, 1.165) is 11.1 Å². The first-order valence-corrected chi connectivity index (χ1v) is 7.96. The SMILES string of the molecule is CN1C(=O)C(C)(C)N=C1c1ccc(C#CC2=CCC(F)=CC=C2)cn1. The zero-order valence-corrected chi connectivity index (χ0v) is 14.4. The molecular formula is C20H18FN3O. The van der Waals surface area contributed by atoms with Crippen molar-refractivity contribution in [1.29, 1.82) is 0 Å². The monoisotopic (exact) mass is 335 g/mol. The van der Waals surface area contributed by atoms with Crippen LogP contribution in [0.2, 0.25) is 0 Å². The number of pyridine rings is 1. The Labute approximate surface area is 146 Å². The minimum Gasteiger partial charge on any atom is -0.296 e. The van der Waals surface area contributed by atoms with Crippen LogP contribution < -0.4 is 0 Å². The molecule has 0 spiro atoms. The lowest BCUT2D eigenvalue weighted by atomic mass is 10.1. The minimum absolute atomic E-state index is 0.0545. The number of aromatic nitrogens is 1. The number of carbonyl (C=O) groups is 1. The highest BCUT2D eigenvalue weighted by molar-refractivity contribution is 6.13. The summed E-state index contributed by atoms with van der Waals surface area (Å²) in [7, 11) is 1.70. The van der Waals surface area contributed by atoms with Gasteiger partial charge in [-0.05, 0) is 38.1 Å². The maximum Gasteiger partial charge on any atom is 0.255 e. The second kappa shape index (κ2) is 6.48. The van der Waals surface area contributed by atoms with Crippen molar-refractivity contribution >= 4 is 11.7 Å². The largest absolute Gasteiger partial charge is 0.296 e. The molecule has 2 heterocycles. The van der Waals surface area contributed by atoms with Crippen molar-refractivity contribution < 1.29 is 9.18 Å². The van der Waals surface area contributed by atoms with Gasteiger partial charge >= 0.3 is 0 Å². The summed E-state index contributed by atoms with van der Waals surface area (Å²) in [6, 6.07) is 3.63. The molecule has 25 heavy (non-hydrogen) atoms. The van der Waals surface area contributed by atoms with Crippen LogP contribution in [0.4, 0.5) is 4.39 Å². The van der Waals surface area contributed by atoms with Gasteiger partial charge < -0.3 is 0 Å². The van der Waals surface area contributed by atoms with Gasteiger partial charge in [0.15, 0.2) is 5.84 Å². The first-order chi connectivity index (χ1) is 11.9. The van der Waals surface area contributed by atoms with Crippen molar-refractivity contribution in [3.8, 4) is 11.8 Å². The molecule has 0 bridgehead atoms. The van der Waals surface area contributed by atoms with Gasteiger partial charge in [-0.2, -0.15) is 0 Å². The molecule has 0 atom stereocenters. The van der Waals surface area contributed by atoms with Gasteiger partial charge in [-0.25, -0.2) is 9.38 Å². The highest BCUT2D eigenvalue weighted by Crippen LogP contribution is 2.23. The molecule has 1 aliphatic carbocycles. The van der Waals surface area contributed by atoms with Gasteiger partial charge in [0, 0.05) is 30.8 Å². The van der Waals surface area contributed by atoms with Gasteiger partial charge in [0.25, 0.3) is 5.91 Å². The molecule has 3 rings (SSSR count). The standard InChI is InChI=1S/C20H18FN3O/c1-20(2)19(25)24(3)18(23-20)17-12-10-15(13-22-17)8-7-14-5-4-6-16(21)11-9-14/h4-6,9-10,12-13H,11H2,1-3H3. The molecule has 1 amide bonds. The zero-order valence-electron chi connectivity index (χ0n) is 14.4. The fourth-order valence-electron chi connectivity index (χ4n) is 2.56. The Morgan fingerprint density at radius 1 is 1.28 bits per heavy atom. The number of amides is 1.